The van der Waals surface area contributed by atoms with Crippen molar-refractivity contribution in [1.29, 1.82) is 5.41 Å². The van der Waals surface area contributed by atoms with Crippen LogP contribution in [0.25, 0.3) is 0 Å². The van der Waals surface area contributed by atoms with E-state index in [4.69, 9.17) is 27.5 Å². The zero-order valence-electron chi connectivity index (χ0n) is 12.0. The molecule has 0 aliphatic carbocycles. The van der Waals surface area contributed by atoms with Crippen molar-refractivity contribution in [3.8, 4) is 11.5 Å². The van der Waals surface area contributed by atoms with E-state index in [1.54, 1.807) is 18.2 Å². The van der Waals surface area contributed by atoms with E-state index in [9.17, 15) is 0 Å². The molecule has 0 saturated heterocycles. The molecule has 0 bridgehead atoms. The fraction of sp³-hybridized carbons (Fsp3) is 0.235. The van der Waals surface area contributed by atoms with Gasteiger partial charge in [0.15, 0.2) is 0 Å². The van der Waals surface area contributed by atoms with Crippen LogP contribution < -0.4 is 10.5 Å². The predicted molar refractivity (Wildman–Crippen MR) is 87.6 cm³/mol. The van der Waals surface area contributed by atoms with E-state index in [-0.39, 0.29) is 5.84 Å². The van der Waals surface area contributed by atoms with Gasteiger partial charge in [-0.15, -0.1) is 0 Å². The zero-order valence-corrected chi connectivity index (χ0v) is 12.8. The van der Waals surface area contributed by atoms with Crippen LogP contribution in [0.4, 0.5) is 0 Å². The smallest absolute Gasteiger partial charge is 0.146 e. The van der Waals surface area contributed by atoms with Crippen LogP contribution in [0, 0.1) is 5.41 Å². The maximum Gasteiger partial charge on any atom is 0.146 e. The number of nitrogens with two attached hydrogens (primary N) is 1. The molecule has 0 saturated carbocycles. The maximum atomic E-state index is 7.38. The average molecular weight is 303 g/mol. The minimum atomic E-state index is -0.0104. The molecule has 0 heterocycles. The quantitative estimate of drug-likeness (QED) is 0.597. The molecule has 0 atom stereocenters. The van der Waals surface area contributed by atoms with E-state index in [1.807, 2.05) is 12.1 Å². The predicted octanol–water partition coefficient (Wildman–Crippen LogP) is 4.76. The Balaban J connectivity index is 2.09. The molecule has 3 N–H and O–H groups in total. The first-order chi connectivity index (χ1) is 10.1. The second-order valence-electron chi connectivity index (χ2n) is 4.91. The summed E-state index contributed by atoms with van der Waals surface area (Å²) in [5, 5.41) is 7.82. The van der Waals surface area contributed by atoms with E-state index in [0.717, 1.165) is 12.2 Å². The Morgan fingerprint density at radius 2 is 1.90 bits per heavy atom. The molecule has 2 rings (SSSR count). The lowest BCUT2D eigenvalue weighted by Crippen LogP contribution is -2.10. The number of nitrogen functional groups attached to an aromatic ring is 1. The lowest BCUT2D eigenvalue weighted by atomic mass is 10.1. The van der Waals surface area contributed by atoms with Gasteiger partial charge in [-0.2, -0.15) is 0 Å². The van der Waals surface area contributed by atoms with Crippen molar-refractivity contribution in [2.75, 3.05) is 0 Å². The van der Waals surface area contributed by atoms with Crippen LogP contribution >= 0.6 is 11.6 Å². The van der Waals surface area contributed by atoms with Gasteiger partial charge in [-0.25, -0.2) is 0 Å². The molecular weight excluding hydrogens is 284 g/mol. The molecule has 0 aliphatic heterocycles. The van der Waals surface area contributed by atoms with Crippen LogP contribution in [0.15, 0.2) is 42.5 Å². The molecular formula is C17H19ClN2O. The number of hydrogen-bond acceptors (Lipinski definition) is 2. The van der Waals surface area contributed by atoms with Crippen LogP contribution in [0.1, 0.15) is 30.9 Å². The van der Waals surface area contributed by atoms with Gasteiger partial charge in [-0.3, -0.25) is 5.41 Å². The van der Waals surface area contributed by atoms with Crippen LogP contribution in [-0.4, -0.2) is 5.84 Å². The number of benzene rings is 2. The second kappa shape index (κ2) is 7.14. The number of nitrogens with one attached hydrogen (secondary N) is 1. The van der Waals surface area contributed by atoms with Gasteiger partial charge in [0.25, 0.3) is 0 Å². The van der Waals surface area contributed by atoms with Crippen LogP contribution in [0.5, 0.6) is 11.5 Å². The highest BCUT2D eigenvalue weighted by molar-refractivity contribution is 6.32. The van der Waals surface area contributed by atoms with Gasteiger partial charge in [-0.05, 0) is 48.7 Å². The van der Waals surface area contributed by atoms with E-state index in [0.29, 0.717) is 16.3 Å². The number of halogens is 1. The molecule has 3 nitrogen and oxygen atoms in total. The van der Waals surface area contributed by atoms with E-state index < -0.39 is 0 Å². The average Bonchev–Trinajstić information content (AvgIpc) is 2.48. The summed E-state index contributed by atoms with van der Waals surface area (Å²) in [4.78, 5) is 0. The molecule has 0 unspecified atom stereocenters. The molecule has 0 fully saturated rings. The lowest BCUT2D eigenvalue weighted by molar-refractivity contribution is 0.482. The summed E-state index contributed by atoms with van der Waals surface area (Å²) in [6, 6.07) is 13.1. The van der Waals surface area contributed by atoms with Gasteiger partial charge in [0, 0.05) is 5.56 Å². The van der Waals surface area contributed by atoms with Gasteiger partial charge in [0.05, 0.1) is 5.02 Å². The van der Waals surface area contributed by atoms with Gasteiger partial charge in [0.2, 0.25) is 0 Å². The number of rotatable bonds is 6. The molecule has 0 spiro atoms. The highest BCUT2D eigenvalue weighted by atomic mass is 35.5. The third kappa shape index (κ3) is 4.23. The van der Waals surface area contributed by atoms with E-state index in [1.165, 1.54) is 18.4 Å². The molecule has 4 heteroatoms. The summed E-state index contributed by atoms with van der Waals surface area (Å²) >= 11 is 6.15. The van der Waals surface area contributed by atoms with E-state index >= 15 is 0 Å². The monoisotopic (exact) mass is 302 g/mol. The van der Waals surface area contributed by atoms with Crippen LogP contribution in [0.3, 0.4) is 0 Å². The molecule has 21 heavy (non-hydrogen) atoms. The minimum absolute atomic E-state index is 0.0104. The molecule has 0 aliphatic rings. The standard InChI is InChI=1S/C17H19ClN2O/c1-2-3-4-12-5-8-14(9-6-12)21-16-10-7-13(17(19)20)11-15(16)18/h5-11H,2-4H2,1H3,(H3,19,20). The number of ether oxygens (including phenoxy) is 1. The van der Waals surface area contributed by atoms with Crippen LogP contribution in [0.2, 0.25) is 5.02 Å². The summed E-state index contributed by atoms with van der Waals surface area (Å²) < 4.78 is 5.76. The number of amidine groups is 1. The number of unbranched alkanes of at least 4 members (excludes halogenated alkanes) is 1. The third-order valence-corrected chi connectivity index (χ3v) is 3.51. The van der Waals surface area contributed by atoms with Crippen molar-refractivity contribution < 1.29 is 4.74 Å². The first-order valence-corrected chi connectivity index (χ1v) is 7.38. The molecule has 2 aromatic carbocycles. The number of hydrogen-bond donors (Lipinski definition) is 2. The molecule has 2 aromatic rings. The topological polar surface area (TPSA) is 59.1 Å². The summed E-state index contributed by atoms with van der Waals surface area (Å²) in [5.41, 5.74) is 7.32. The van der Waals surface area contributed by atoms with Crippen molar-refractivity contribution in [3.05, 3.63) is 58.6 Å². The lowest BCUT2D eigenvalue weighted by Gasteiger charge is -2.09. The van der Waals surface area contributed by atoms with Crippen molar-refractivity contribution in [3.63, 3.8) is 0 Å². The Kier molecular flexibility index (Phi) is 5.23. The first-order valence-electron chi connectivity index (χ1n) is 7.01. The maximum absolute atomic E-state index is 7.38. The van der Waals surface area contributed by atoms with Crippen molar-refractivity contribution in [2.24, 2.45) is 5.73 Å². The molecule has 110 valence electrons. The SMILES string of the molecule is CCCCc1ccc(Oc2ccc(C(=N)N)cc2Cl)cc1. The summed E-state index contributed by atoms with van der Waals surface area (Å²) in [6.45, 7) is 2.18. The normalized spacial score (nSPS) is 10.4. The summed E-state index contributed by atoms with van der Waals surface area (Å²) in [7, 11) is 0. The third-order valence-electron chi connectivity index (χ3n) is 3.21. The Morgan fingerprint density at radius 3 is 2.48 bits per heavy atom. The Labute approximate surface area is 130 Å². The molecule has 0 aromatic heterocycles. The largest absolute Gasteiger partial charge is 0.456 e. The van der Waals surface area contributed by atoms with Gasteiger partial charge < -0.3 is 10.5 Å². The van der Waals surface area contributed by atoms with E-state index in [2.05, 4.69) is 19.1 Å². The summed E-state index contributed by atoms with van der Waals surface area (Å²) in [6.07, 6.45) is 3.47. The summed E-state index contributed by atoms with van der Waals surface area (Å²) in [5.74, 6) is 1.29. The Hall–Kier alpha value is -2.00. The van der Waals surface area contributed by atoms with Crippen molar-refractivity contribution in [2.45, 2.75) is 26.2 Å². The van der Waals surface area contributed by atoms with Crippen molar-refractivity contribution in [1.82, 2.24) is 0 Å². The zero-order chi connectivity index (χ0) is 15.2. The number of aryl methyl sites for hydroxylation is 1. The second-order valence-corrected chi connectivity index (χ2v) is 5.32. The van der Waals surface area contributed by atoms with Gasteiger partial charge >= 0.3 is 0 Å². The highest BCUT2D eigenvalue weighted by Gasteiger charge is 2.06. The Bertz CT molecular complexity index is 623. The van der Waals surface area contributed by atoms with Gasteiger partial charge in [-0.1, -0.05) is 37.1 Å². The molecule has 0 radical (unpaired) electrons. The van der Waals surface area contributed by atoms with Crippen LogP contribution in [-0.2, 0) is 6.42 Å². The minimum Gasteiger partial charge on any atom is -0.456 e. The van der Waals surface area contributed by atoms with Crippen molar-refractivity contribution >= 4 is 17.4 Å². The molecule has 0 amide bonds. The first kappa shape index (κ1) is 15.4. The fourth-order valence-electron chi connectivity index (χ4n) is 1.98. The van der Waals surface area contributed by atoms with Gasteiger partial charge in [0.1, 0.15) is 17.3 Å². The fourth-order valence-corrected chi connectivity index (χ4v) is 2.20. The highest BCUT2D eigenvalue weighted by Crippen LogP contribution is 2.30. The Morgan fingerprint density at radius 1 is 1.19 bits per heavy atom.